The monoisotopic (exact) mass is 321 g/mol. The van der Waals surface area contributed by atoms with E-state index in [1.54, 1.807) is 6.20 Å². The molecule has 6 heteroatoms. The van der Waals surface area contributed by atoms with E-state index in [-0.39, 0.29) is 18.1 Å². The highest BCUT2D eigenvalue weighted by Crippen LogP contribution is 2.21. The maximum atomic E-state index is 12.6. The second-order valence-corrected chi connectivity index (χ2v) is 6.53. The first-order valence-corrected chi connectivity index (χ1v) is 8.75. The minimum Gasteiger partial charge on any atom is -0.376 e. The molecule has 0 spiro atoms. The summed E-state index contributed by atoms with van der Waals surface area (Å²) in [4.78, 5) is 14.5. The molecule has 23 heavy (non-hydrogen) atoms. The van der Waals surface area contributed by atoms with Gasteiger partial charge in [-0.25, -0.2) is 0 Å². The second-order valence-electron chi connectivity index (χ2n) is 6.53. The predicted molar refractivity (Wildman–Crippen MR) is 86.1 cm³/mol. The summed E-state index contributed by atoms with van der Waals surface area (Å²) in [5, 5.41) is 4.31. The lowest BCUT2D eigenvalue weighted by Gasteiger charge is -2.34. The van der Waals surface area contributed by atoms with E-state index in [0.29, 0.717) is 13.2 Å². The molecule has 6 nitrogen and oxygen atoms in total. The summed E-state index contributed by atoms with van der Waals surface area (Å²) in [5.41, 5.74) is 0. The summed E-state index contributed by atoms with van der Waals surface area (Å²) in [7, 11) is 0. The molecule has 1 aromatic heterocycles. The van der Waals surface area contributed by atoms with Gasteiger partial charge in [0, 0.05) is 32.1 Å². The Balaban J connectivity index is 1.48. The fourth-order valence-electron chi connectivity index (χ4n) is 3.39. The molecule has 0 aromatic carbocycles. The first-order valence-electron chi connectivity index (χ1n) is 8.75. The largest absolute Gasteiger partial charge is 0.376 e. The number of aromatic nitrogens is 2. The number of carbonyl (C=O) groups excluding carboxylic acids is 1. The first-order chi connectivity index (χ1) is 11.2. The van der Waals surface area contributed by atoms with Crippen molar-refractivity contribution in [3.63, 3.8) is 0 Å². The molecule has 2 fully saturated rings. The number of nitrogens with zero attached hydrogens (tertiary/aromatic N) is 3. The van der Waals surface area contributed by atoms with Crippen molar-refractivity contribution in [1.29, 1.82) is 0 Å². The zero-order chi connectivity index (χ0) is 16.1. The number of carbonyl (C=O) groups is 1. The predicted octanol–water partition coefficient (Wildman–Crippen LogP) is 2.02. The average molecular weight is 321 g/mol. The molecular weight excluding hydrogens is 294 g/mol. The van der Waals surface area contributed by atoms with E-state index in [1.165, 1.54) is 6.42 Å². The lowest BCUT2D eigenvalue weighted by molar-refractivity contribution is -0.147. The SMILES string of the molecule is CC(OCC1CCCCO1)C(=O)N1CCCC(n2cccn2)C1. The van der Waals surface area contributed by atoms with Crippen molar-refractivity contribution in [3.05, 3.63) is 18.5 Å². The average Bonchev–Trinajstić information content (AvgIpc) is 3.15. The van der Waals surface area contributed by atoms with Crippen LogP contribution >= 0.6 is 0 Å². The number of ether oxygens (including phenoxy) is 2. The second kappa shape index (κ2) is 7.93. The van der Waals surface area contributed by atoms with Crippen LogP contribution < -0.4 is 0 Å². The number of piperidine rings is 1. The molecule has 3 heterocycles. The minimum absolute atomic E-state index is 0.0812. The van der Waals surface area contributed by atoms with Crippen molar-refractivity contribution in [3.8, 4) is 0 Å². The molecule has 2 aliphatic rings. The molecule has 1 aromatic rings. The maximum absolute atomic E-state index is 12.6. The summed E-state index contributed by atoms with van der Waals surface area (Å²) in [6.45, 7) is 4.71. The summed E-state index contributed by atoms with van der Waals surface area (Å²) in [6.07, 6.45) is 8.93. The van der Waals surface area contributed by atoms with Gasteiger partial charge in [0.2, 0.25) is 0 Å². The van der Waals surface area contributed by atoms with Crippen molar-refractivity contribution in [1.82, 2.24) is 14.7 Å². The summed E-state index contributed by atoms with van der Waals surface area (Å²) in [5.74, 6) is 0.0812. The number of likely N-dealkylation sites (tertiary alicyclic amines) is 1. The third-order valence-electron chi connectivity index (χ3n) is 4.76. The van der Waals surface area contributed by atoms with Crippen LogP contribution in [0.15, 0.2) is 18.5 Å². The fraction of sp³-hybridized carbons (Fsp3) is 0.765. The van der Waals surface area contributed by atoms with Crippen LogP contribution in [0.2, 0.25) is 0 Å². The van der Waals surface area contributed by atoms with Crippen molar-refractivity contribution in [2.75, 3.05) is 26.3 Å². The number of hydrogen-bond acceptors (Lipinski definition) is 4. The van der Waals surface area contributed by atoms with E-state index >= 15 is 0 Å². The normalized spacial score (nSPS) is 26.9. The zero-order valence-electron chi connectivity index (χ0n) is 13.9. The first kappa shape index (κ1) is 16.5. The zero-order valence-corrected chi connectivity index (χ0v) is 13.9. The Kier molecular flexibility index (Phi) is 5.67. The van der Waals surface area contributed by atoms with Gasteiger partial charge < -0.3 is 14.4 Å². The molecule has 3 unspecified atom stereocenters. The van der Waals surface area contributed by atoms with E-state index in [0.717, 1.165) is 38.8 Å². The Hall–Kier alpha value is -1.40. The molecule has 0 saturated carbocycles. The van der Waals surface area contributed by atoms with E-state index in [1.807, 2.05) is 28.8 Å². The third kappa shape index (κ3) is 4.32. The molecule has 2 saturated heterocycles. The van der Waals surface area contributed by atoms with E-state index in [2.05, 4.69) is 5.10 Å². The molecule has 0 N–H and O–H groups in total. The Morgan fingerprint density at radius 1 is 1.39 bits per heavy atom. The van der Waals surface area contributed by atoms with Crippen LogP contribution in [0.3, 0.4) is 0 Å². The Labute approximate surface area is 137 Å². The van der Waals surface area contributed by atoms with Crippen LogP contribution in [-0.4, -0.2) is 59.1 Å². The molecule has 3 rings (SSSR count). The maximum Gasteiger partial charge on any atom is 0.251 e. The van der Waals surface area contributed by atoms with Crippen molar-refractivity contribution >= 4 is 5.91 Å². The van der Waals surface area contributed by atoms with Gasteiger partial charge in [-0.2, -0.15) is 5.10 Å². The summed E-state index contributed by atoms with van der Waals surface area (Å²) >= 11 is 0. The van der Waals surface area contributed by atoms with Gasteiger partial charge >= 0.3 is 0 Å². The highest BCUT2D eigenvalue weighted by Gasteiger charge is 2.28. The number of rotatable bonds is 5. The van der Waals surface area contributed by atoms with Gasteiger partial charge in [0.15, 0.2) is 0 Å². The van der Waals surface area contributed by atoms with Gasteiger partial charge in [0.25, 0.3) is 5.91 Å². The van der Waals surface area contributed by atoms with Crippen molar-refractivity contribution in [2.24, 2.45) is 0 Å². The van der Waals surface area contributed by atoms with Crippen molar-refractivity contribution < 1.29 is 14.3 Å². The van der Waals surface area contributed by atoms with Gasteiger partial charge in [0.05, 0.1) is 18.8 Å². The standard InChI is InChI=1S/C17H27N3O3/c1-14(23-13-16-7-2-3-11-22-16)17(21)19-9-4-6-15(12-19)20-10-5-8-18-20/h5,8,10,14-16H,2-4,6-7,9,11-13H2,1H3. The topological polar surface area (TPSA) is 56.6 Å². The lowest BCUT2D eigenvalue weighted by Crippen LogP contribution is -2.46. The molecule has 3 atom stereocenters. The highest BCUT2D eigenvalue weighted by molar-refractivity contribution is 5.80. The van der Waals surface area contributed by atoms with Crippen LogP contribution in [0.4, 0.5) is 0 Å². The van der Waals surface area contributed by atoms with Crippen LogP contribution in [0.5, 0.6) is 0 Å². The third-order valence-corrected chi connectivity index (χ3v) is 4.76. The molecule has 0 radical (unpaired) electrons. The van der Waals surface area contributed by atoms with Gasteiger partial charge in [0.1, 0.15) is 6.10 Å². The van der Waals surface area contributed by atoms with E-state index in [9.17, 15) is 4.79 Å². The lowest BCUT2D eigenvalue weighted by atomic mass is 10.1. The van der Waals surface area contributed by atoms with Crippen LogP contribution in [0, 0.1) is 0 Å². The number of hydrogen-bond donors (Lipinski definition) is 0. The smallest absolute Gasteiger partial charge is 0.251 e. The van der Waals surface area contributed by atoms with Crippen molar-refractivity contribution in [2.45, 2.75) is 57.3 Å². The van der Waals surface area contributed by atoms with Crippen LogP contribution in [0.1, 0.15) is 45.1 Å². The van der Waals surface area contributed by atoms with Gasteiger partial charge in [-0.1, -0.05) is 0 Å². The minimum atomic E-state index is -0.406. The number of amides is 1. The summed E-state index contributed by atoms with van der Waals surface area (Å²) < 4.78 is 13.4. The molecule has 1 amide bonds. The van der Waals surface area contributed by atoms with Gasteiger partial charge in [-0.05, 0) is 45.1 Å². The highest BCUT2D eigenvalue weighted by atomic mass is 16.5. The Morgan fingerprint density at radius 3 is 3.04 bits per heavy atom. The van der Waals surface area contributed by atoms with Gasteiger partial charge in [-0.3, -0.25) is 9.48 Å². The van der Waals surface area contributed by atoms with E-state index in [4.69, 9.17) is 9.47 Å². The Morgan fingerprint density at radius 2 is 2.30 bits per heavy atom. The van der Waals surface area contributed by atoms with Gasteiger partial charge in [-0.15, -0.1) is 0 Å². The molecule has 0 bridgehead atoms. The fourth-order valence-corrected chi connectivity index (χ4v) is 3.39. The Bertz CT molecular complexity index is 485. The van der Waals surface area contributed by atoms with Crippen LogP contribution in [-0.2, 0) is 14.3 Å². The molecule has 2 aliphatic heterocycles. The molecular formula is C17H27N3O3. The van der Waals surface area contributed by atoms with Crippen LogP contribution in [0.25, 0.3) is 0 Å². The molecule has 128 valence electrons. The quantitative estimate of drug-likeness (QED) is 0.832. The summed E-state index contributed by atoms with van der Waals surface area (Å²) in [6, 6.07) is 2.20. The van der Waals surface area contributed by atoms with E-state index < -0.39 is 6.10 Å². The molecule has 0 aliphatic carbocycles.